The van der Waals surface area contributed by atoms with E-state index < -0.39 is 0 Å². The summed E-state index contributed by atoms with van der Waals surface area (Å²) in [5, 5.41) is 7.69. The molecule has 2 aromatic carbocycles. The molecule has 3 aromatic rings. The average molecular weight is 524 g/mol. The van der Waals surface area contributed by atoms with Crippen LogP contribution in [0.15, 0.2) is 48.5 Å². The Balaban J connectivity index is 1.43. The molecule has 1 aromatic heterocycles. The Morgan fingerprint density at radius 1 is 1.11 bits per heavy atom. The Morgan fingerprint density at radius 3 is 2.45 bits per heavy atom. The van der Waals surface area contributed by atoms with Gasteiger partial charge in [-0.2, -0.15) is 4.98 Å². The van der Waals surface area contributed by atoms with Crippen LogP contribution in [0.3, 0.4) is 0 Å². The summed E-state index contributed by atoms with van der Waals surface area (Å²) < 4.78 is 24.1. The molecule has 9 heteroatoms. The van der Waals surface area contributed by atoms with Crippen molar-refractivity contribution < 1.29 is 18.7 Å². The average Bonchev–Trinajstić information content (AvgIpc) is 3.39. The number of H-pyrrole nitrogens is 1. The predicted octanol–water partition coefficient (Wildman–Crippen LogP) is 4.60. The fourth-order valence-corrected chi connectivity index (χ4v) is 4.61. The molecule has 1 aliphatic rings. The van der Waals surface area contributed by atoms with E-state index in [9.17, 15) is 9.18 Å². The minimum atomic E-state index is -0.250. The summed E-state index contributed by atoms with van der Waals surface area (Å²) in [6.45, 7) is 8.00. The number of nitrogens with zero attached hydrogens (tertiary/aromatic N) is 4. The molecule has 38 heavy (non-hydrogen) atoms. The van der Waals surface area contributed by atoms with E-state index in [1.54, 1.807) is 0 Å². The van der Waals surface area contributed by atoms with Crippen LogP contribution in [0.5, 0.6) is 5.75 Å². The predicted molar refractivity (Wildman–Crippen MR) is 145 cm³/mol. The lowest BCUT2D eigenvalue weighted by Gasteiger charge is -2.38. The smallest absolute Gasteiger partial charge is 0.306 e. The van der Waals surface area contributed by atoms with E-state index in [0.717, 1.165) is 48.6 Å². The molecule has 0 aliphatic carbocycles. The van der Waals surface area contributed by atoms with Crippen LogP contribution in [-0.4, -0.2) is 65.4 Å². The number of benzene rings is 2. The largest absolute Gasteiger partial charge is 0.493 e. The first-order valence-electron chi connectivity index (χ1n) is 13.3. The zero-order valence-corrected chi connectivity index (χ0v) is 22.5. The zero-order valence-electron chi connectivity index (χ0n) is 22.5. The van der Waals surface area contributed by atoms with Crippen LogP contribution in [0.25, 0.3) is 0 Å². The van der Waals surface area contributed by atoms with Crippen molar-refractivity contribution in [3.8, 4) is 5.75 Å². The normalized spacial score (nSPS) is 14.6. The number of carbonyl (C=O) groups is 1. The Hall–Kier alpha value is -3.46. The summed E-state index contributed by atoms with van der Waals surface area (Å²) in [5.74, 6) is 2.34. The Kier molecular flexibility index (Phi) is 9.70. The maximum Gasteiger partial charge on any atom is 0.306 e. The number of methoxy groups -OCH3 is 1. The van der Waals surface area contributed by atoms with Crippen molar-refractivity contribution >= 4 is 11.9 Å². The van der Waals surface area contributed by atoms with Gasteiger partial charge in [0, 0.05) is 38.6 Å². The van der Waals surface area contributed by atoms with E-state index in [0.29, 0.717) is 44.4 Å². The van der Waals surface area contributed by atoms with Crippen molar-refractivity contribution in [1.82, 2.24) is 20.1 Å². The van der Waals surface area contributed by atoms with Gasteiger partial charge in [0.2, 0.25) is 5.95 Å². The number of aromatic amines is 1. The third-order valence-electron chi connectivity index (χ3n) is 6.78. The van der Waals surface area contributed by atoms with Gasteiger partial charge < -0.3 is 19.3 Å². The van der Waals surface area contributed by atoms with E-state index >= 15 is 0 Å². The van der Waals surface area contributed by atoms with Gasteiger partial charge in [0.1, 0.15) is 17.4 Å². The molecule has 4 rings (SSSR count). The van der Waals surface area contributed by atoms with E-state index in [1.807, 2.05) is 24.3 Å². The monoisotopic (exact) mass is 523 g/mol. The molecule has 0 bridgehead atoms. The fraction of sp³-hybridized carbons (Fsp3) is 0.483. The van der Waals surface area contributed by atoms with Crippen LogP contribution in [0.1, 0.15) is 50.1 Å². The highest BCUT2D eigenvalue weighted by molar-refractivity contribution is 5.69. The van der Waals surface area contributed by atoms with E-state index in [4.69, 9.17) is 14.5 Å². The van der Waals surface area contributed by atoms with Crippen molar-refractivity contribution in [3.63, 3.8) is 0 Å². The third-order valence-corrected chi connectivity index (χ3v) is 6.78. The Bertz CT molecular complexity index is 1140. The molecule has 2 heterocycles. The quantitative estimate of drug-likeness (QED) is 0.347. The highest BCUT2D eigenvalue weighted by atomic mass is 19.1. The summed E-state index contributed by atoms with van der Waals surface area (Å²) in [7, 11) is 1.42. The lowest BCUT2D eigenvalue weighted by atomic mass is 10.0. The van der Waals surface area contributed by atoms with Gasteiger partial charge in [-0.1, -0.05) is 38.1 Å². The number of piperidine rings is 1. The first-order chi connectivity index (χ1) is 18.4. The first-order valence-corrected chi connectivity index (χ1v) is 13.3. The second kappa shape index (κ2) is 13.4. The summed E-state index contributed by atoms with van der Waals surface area (Å²) >= 11 is 0. The number of hydrogen-bond acceptors (Lipinski definition) is 7. The van der Waals surface area contributed by atoms with Gasteiger partial charge in [0.25, 0.3) is 0 Å². The van der Waals surface area contributed by atoms with Gasteiger partial charge in [-0.05, 0) is 54.2 Å². The van der Waals surface area contributed by atoms with Crippen molar-refractivity contribution in [3.05, 3.63) is 71.3 Å². The Morgan fingerprint density at radius 2 is 1.79 bits per heavy atom. The third kappa shape index (κ3) is 8.02. The summed E-state index contributed by atoms with van der Waals surface area (Å²) in [6, 6.07) is 14.9. The van der Waals surface area contributed by atoms with Crippen LogP contribution in [-0.2, 0) is 22.5 Å². The number of aromatic nitrogens is 3. The van der Waals surface area contributed by atoms with Crippen LogP contribution in [0.4, 0.5) is 10.3 Å². The number of esters is 1. The van der Waals surface area contributed by atoms with Crippen molar-refractivity contribution in [2.24, 2.45) is 5.92 Å². The molecule has 0 spiro atoms. The number of halogens is 1. The number of anilines is 1. The van der Waals surface area contributed by atoms with Gasteiger partial charge in [-0.25, -0.2) is 4.39 Å². The number of nitrogens with one attached hydrogen (secondary N) is 1. The summed E-state index contributed by atoms with van der Waals surface area (Å²) in [5.41, 5.74) is 2.12. The van der Waals surface area contributed by atoms with Crippen LogP contribution >= 0.6 is 0 Å². The van der Waals surface area contributed by atoms with Gasteiger partial charge in [0.15, 0.2) is 0 Å². The van der Waals surface area contributed by atoms with Gasteiger partial charge in [-0.15, -0.1) is 5.10 Å². The zero-order chi connectivity index (χ0) is 26.9. The molecule has 1 fully saturated rings. The number of carbonyl (C=O) groups excluding carboxylic acids is 1. The van der Waals surface area contributed by atoms with Gasteiger partial charge in [-0.3, -0.25) is 9.89 Å². The minimum Gasteiger partial charge on any atom is -0.493 e. The molecular formula is C29H38FN5O3. The van der Waals surface area contributed by atoms with Crippen LogP contribution in [0.2, 0.25) is 0 Å². The molecule has 1 saturated heterocycles. The number of ether oxygens (including phenoxy) is 2. The lowest BCUT2D eigenvalue weighted by Crippen LogP contribution is -2.45. The molecule has 0 radical (unpaired) electrons. The fourth-order valence-electron chi connectivity index (χ4n) is 4.61. The molecule has 0 amide bonds. The maximum atomic E-state index is 13.5. The second-order valence-corrected chi connectivity index (χ2v) is 10.3. The SMILES string of the molecule is COC(=O)CCN1CCC(N(Cc2ccc(F)cc2)c2n[nH]c(Cc3ccc(OCC(C)C)cc3)n2)CC1. The number of likely N-dealkylation sites (tertiary alicyclic amines) is 1. The molecule has 0 saturated carbocycles. The number of rotatable bonds is 12. The Labute approximate surface area is 224 Å². The maximum absolute atomic E-state index is 13.5. The highest BCUT2D eigenvalue weighted by Gasteiger charge is 2.27. The summed E-state index contributed by atoms with van der Waals surface area (Å²) in [4.78, 5) is 20.9. The molecule has 8 nitrogen and oxygen atoms in total. The lowest BCUT2D eigenvalue weighted by molar-refractivity contribution is -0.141. The second-order valence-electron chi connectivity index (χ2n) is 10.3. The van der Waals surface area contributed by atoms with Crippen molar-refractivity contribution in [2.45, 2.75) is 52.1 Å². The molecule has 1 N–H and O–H groups in total. The molecule has 1 aliphatic heterocycles. The highest BCUT2D eigenvalue weighted by Crippen LogP contribution is 2.24. The standard InChI is InChI=1S/C29H38FN5O3/c1-21(2)20-38-26-10-6-22(7-11-26)18-27-31-29(33-32-27)35(19-23-4-8-24(30)9-5-23)25-12-15-34(16-13-25)17-14-28(36)37-3/h4-11,21,25H,12-20H2,1-3H3,(H,31,32,33). The first kappa shape index (κ1) is 27.6. The van der Waals surface area contributed by atoms with Crippen molar-refractivity contribution in [2.75, 3.05) is 38.3 Å². The molecule has 204 valence electrons. The van der Waals surface area contributed by atoms with Crippen molar-refractivity contribution in [1.29, 1.82) is 0 Å². The topological polar surface area (TPSA) is 83.6 Å². The minimum absolute atomic E-state index is 0.184. The summed E-state index contributed by atoms with van der Waals surface area (Å²) in [6.07, 6.45) is 2.87. The van der Waals surface area contributed by atoms with Crippen LogP contribution < -0.4 is 9.64 Å². The van der Waals surface area contributed by atoms with Gasteiger partial charge in [0.05, 0.1) is 20.1 Å². The van der Waals surface area contributed by atoms with Gasteiger partial charge >= 0.3 is 5.97 Å². The molecule has 0 atom stereocenters. The van der Waals surface area contributed by atoms with Crippen LogP contribution in [0, 0.1) is 11.7 Å². The van der Waals surface area contributed by atoms with E-state index in [-0.39, 0.29) is 17.8 Å². The van der Waals surface area contributed by atoms with E-state index in [2.05, 4.69) is 46.0 Å². The van der Waals surface area contributed by atoms with E-state index in [1.165, 1.54) is 19.2 Å². The number of hydrogen-bond donors (Lipinski definition) is 1. The molecule has 0 unspecified atom stereocenters. The molecular weight excluding hydrogens is 485 g/mol.